The fraction of sp³-hybridized carbons (Fsp3) is 0.286. The maximum atomic E-state index is 5.72. The molecule has 0 amide bonds. The van der Waals surface area contributed by atoms with Crippen LogP contribution in [0.1, 0.15) is 22.4 Å². The SMILES string of the molecule is COc1cc(OC)c2nc(C)c3c(c2c1Cc1ccccc1)NCC3. The van der Waals surface area contributed by atoms with Crippen LogP contribution in [-0.4, -0.2) is 25.7 Å². The lowest BCUT2D eigenvalue weighted by Gasteiger charge is -2.18. The summed E-state index contributed by atoms with van der Waals surface area (Å²) in [6, 6.07) is 12.4. The van der Waals surface area contributed by atoms with E-state index in [1.165, 1.54) is 16.8 Å². The third kappa shape index (κ3) is 2.58. The highest BCUT2D eigenvalue weighted by Gasteiger charge is 2.24. The summed E-state index contributed by atoms with van der Waals surface area (Å²) in [6.07, 6.45) is 1.80. The molecular weight excluding hydrogens is 312 g/mol. The number of fused-ring (bicyclic) bond motifs is 3. The number of pyridine rings is 1. The second-order valence-corrected chi connectivity index (χ2v) is 6.37. The van der Waals surface area contributed by atoms with Crippen molar-refractivity contribution in [3.8, 4) is 11.5 Å². The van der Waals surface area contributed by atoms with E-state index in [0.29, 0.717) is 0 Å². The molecule has 1 N–H and O–H groups in total. The normalized spacial score (nSPS) is 12.8. The van der Waals surface area contributed by atoms with Crippen molar-refractivity contribution >= 4 is 16.6 Å². The highest BCUT2D eigenvalue weighted by molar-refractivity contribution is 6.01. The summed E-state index contributed by atoms with van der Waals surface area (Å²) in [5, 5.41) is 4.68. The Balaban J connectivity index is 2.04. The first-order valence-electron chi connectivity index (χ1n) is 8.57. The number of nitrogens with zero attached hydrogens (tertiary/aromatic N) is 1. The summed E-state index contributed by atoms with van der Waals surface area (Å²) < 4.78 is 11.3. The van der Waals surface area contributed by atoms with Crippen LogP contribution in [0.4, 0.5) is 5.69 Å². The van der Waals surface area contributed by atoms with Crippen LogP contribution in [0.25, 0.3) is 10.9 Å². The quantitative estimate of drug-likeness (QED) is 0.779. The van der Waals surface area contributed by atoms with Crippen LogP contribution in [-0.2, 0) is 12.8 Å². The Morgan fingerprint density at radius 2 is 1.84 bits per heavy atom. The topological polar surface area (TPSA) is 43.4 Å². The maximum absolute atomic E-state index is 5.72. The van der Waals surface area contributed by atoms with Gasteiger partial charge in [0.15, 0.2) is 0 Å². The number of rotatable bonds is 4. The van der Waals surface area contributed by atoms with Crippen LogP contribution in [0, 0.1) is 6.92 Å². The molecule has 2 heterocycles. The Kier molecular flexibility index (Phi) is 3.96. The summed E-state index contributed by atoms with van der Waals surface area (Å²) >= 11 is 0. The number of ether oxygens (including phenoxy) is 2. The molecule has 0 unspecified atom stereocenters. The van der Waals surface area contributed by atoms with Gasteiger partial charge in [0.1, 0.15) is 17.0 Å². The molecule has 4 rings (SSSR count). The second kappa shape index (κ2) is 6.28. The summed E-state index contributed by atoms with van der Waals surface area (Å²) in [7, 11) is 3.40. The van der Waals surface area contributed by atoms with E-state index in [-0.39, 0.29) is 0 Å². The van der Waals surface area contributed by atoms with E-state index < -0.39 is 0 Å². The molecule has 3 aromatic rings. The molecule has 1 aliphatic rings. The predicted octanol–water partition coefficient (Wildman–Crippen LogP) is 4.12. The van der Waals surface area contributed by atoms with Gasteiger partial charge < -0.3 is 14.8 Å². The molecule has 0 radical (unpaired) electrons. The number of anilines is 1. The molecule has 0 aliphatic carbocycles. The predicted molar refractivity (Wildman–Crippen MR) is 101 cm³/mol. The van der Waals surface area contributed by atoms with E-state index in [2.05, 4.69) is 36.5 Å². The Morgan fingerprint density at radius 3 is 2.56 bits per heavy atom. The fourth-order valence-electron chi connectivity index (χ4n) is 3.74. The van der Waals surface area contributed by atoms with Crippen LogP contribution in [0.3, 0.4) is 0 Å². The maximum Gasteiger partial charge on any atom is 0.148 e. The lowest BCUT2D eigenvalue weighted by molar-refractivity contribution is 0.394. The largest absolute Gasteiger partial charge is 0.496 e. The molecule has 0 fully saturated rings. The minimum atomic E-state index is 0.753. The van der Waals surface area contributed by atoms with E-state index in [9.17, 15) is 0 Å². The summed E-state index contributed by atoms with van der Waals surface area (Å²) in [4.78, 5) is 4.88. The number of hydrogen-bond acceptors (Lipinski definition) is 4. The summed E-state index contributed by atoms with van der Waals surface area (Å²) in [6.45, 7) is 3.02. The van der Waals surface area contributed by atoms with Crippen molar-refractivity contribution in [3.05, 3.63) is 58.8 Å². The standard InChI is InChI=1S/C21H22N2O2/c1-13-15-9-10-22-20(15)19-16(11-14-7-5-4-6-8-14)17(24-2)12-18(25-3)21(19)23-13/h4-8,12,22H,9-11H2,1-3H3. The summed E-state index contributed by atoms with van der Waals surface area (Å²) in [5.74, 6) is 1.60. The Labute approximate surface area is 147 Å². The number of nitrogens with one attached hydrogen (secondary N) is 1. The van der Waals surface area contributed by atoms with E-state index in [1.807, 2.05) is 12.1 Å². The minimum Gasteiger partial charge on any atom is -0.496 e. The van der Waals surface area contributed by atoms with E-state index in [0.717, 1.165) is 53.0 Å². The van der Waals surface area contributed by atoms with Gasteiger partial charge >= 0.3 is 0 Å². The zero-order valence-corrected chi connectivity index (χ0v) is 14.8. The first-order valence-corrected chi connectivity index (χ1v) is 8.57. The number of aromatic nitrogens is 1. The lowest BCUT2D eigenvalue weighted by Crippen LogP contribution is -2.03. The van der Waals surface area contributed by atoms with Crippen molar-refractivity contribution < 1.29 is 9.47 Å². The molecule has 25 heavy (non-hydrogen) atoms. The molecule has 0 saturated heterocycles. The molecule has 2 aromatic carbocycles. The molecule has 4 heteroatoms. The lowest BCUT2D eigenvalue weighted by atomic mass is 9.95. The number of methoxy groups -OCH3 is 2. The highest BCUT2D eigenvalue weighted by Crippen LogP contribution is 2.43. The van der Waals surface area contributed by atoms with Gasteiger partial charge in [0.05, 0.1) is 14.2 Å². The van der Waals surface area contributed by atoms with Gasteiger partial charge in [-0.15, -0.1) is 0 Å². The highest BCUT2D eigenvalue weighted by atomic mass is 16.5. The zero-order chi connectivity index (χ0) is 17.4. The van der Waals surface area contributed by atoms with Gasteiger partial charge in [-0.1, -0.05) is 30.3 Å². The van der Waals surface area contributed by atoms with Gasteiger partial charge in [-0.25, -0.2) is 4.98 Å². The molecule has 4 nitrogen and oxygen atoms in total. The van der Waals surface area contributed by atoms with Gasteiger partial charge in [-0.2, -0.15) is 0 Å². The zero-order valence-electron chi connectivity index (χ0n) is 14.8. The molecule has 0 bridgehead atoms. The van der Waals surface area contributed by atoms with Gasteiger partial charge in [-0.05, 0) is 24.5 Å². The molecule has 0 spiro atoms. The van der Waals surface area contributed by atoms with Crippen molar-refractivity contribution in [1.82, 2.24) is 4.98 Å². The average molecular weight is 334 g/mol. The average Bonchev–Trinajstić information content (AvgIpc) is 3.13. The fourth-order valence-corrected chi connectivity index (χ4v) is 3.74. The van der Waals surface area contributed by atoms with Gasteiger partial charge in [0, 0.05) is 41.4 Å². The van der Waals surface area contributed by atoms with Crippen LogP contribution in [0.15, 0.2) is 36.4 Å². The number of aryl methyl sites for hydroxylation is 1. The minimum absolute atomic E-state index is 0.753. The van der Waals surface area contributed by atoms with E-state index >= 15 is 0 Å². The van der Waals surface area contributed by atoms with E-state index in [4.69, 9.17) is 14.5 Å². The molecular formula is C21H22N2O2. The van der Waals surface area contributed by atoms with E-state index in [1.54, 1.807) is 14.2 Å². The molecule has 1 aliphatic heterocycles. The number of benzene rings is 2. The van der Waals surface area contributed by atoms with Crippen LogP contribution >= 0.6 is 0 Å². The second-order valence-electron chi connectivity index (χ2n) is 6.37. The third-order valence-electron chi connectivity index (χ3n) is 4.94. The van der Waals surface area contributed by atoms with Gasteiger partial charge in [0.25, 0.3) is 0 Å². The van der Waals surface area contributed by atoms with Gasteiger partial charge in [0.2, 0.25) is 0 Å². The molecule has 1 aromatic heterocycles. The van der Waals surface area contributed by atoms with Crippen molar-refractivity contribution in [2.45, 2.75) is 19.8 Å². The van der Waals surface area contributed by atoms with Crippen LogP contribution < -0.4 is 14.8 Å². The van der Waals surface area contributed by atoms with Crippen molar-refractivity contribution in [1.29, 1.82) is 0 Å². The Hall–Kier alpha value is -2.75. The first-order chi connectivity index (χ1) is 12.2. The monoisotopic (exact) mass is 334 g/mol. The molecule has 0 atom stereocenters. The molecule has 0 saturated carbocycles. The van der Waals surface area contributed by atoms with Crippen LogP contribution in [0.5, 0.6) is 11.5 Å². The molecule has 128 valence electrons. The Morgan fingerprint density at radius 1 is 1.08 bits per heavy atom. The first kappa shape index (κ1) is 15.8. The van der Waals surface area contributed by atoms with Crippen molar-refractivity contribution in [2.24, 2.45) is 0 Å². The van der Waals surface area contributed by atoms with Crippen LogP contribution in [0.2, 0.25) is 0 Å². The van der Waals surface area contributed by atoms with Crippen molar-refractivity contribution in [2.75, 3.05) is 26.1 Å². The van der Waals surface area contributed by atoms with Gasteiger partial charge in [-0.3, -0.25) is 0 Å². The summed E-state index contributed by atoms with van der Waals surface area (Å²) in [5.41, 5.74) is 6.87. The Bertz CT molecular complexity index is 936. The third-order valence-corrected chi connectivity index (χ3v) is 4.94. The smallest absolute Gasteiger partial charge is 0.148 e. The number of hydrogen-bond donors (Lipinski definition) is 1. The van der Waals surface area contributed by atoms with Crippen molar-refractivity contribution in [3.63, 3.8) is 0 Å².